The molecular weight excluding hydrogens is 406 g/mol. The third kappa shape index (κ3) is 5.68. The summed E-state index contributed by atoms with van der Waals surface area (Å²) in [4.78, 5) is 16.4. The van der Waals surface area contributed by atoms with E-state index in [2.05, 4.69) is 4.98 Å². The van der Waals surface area contributed by atoms with Gasteiger partial charge in [0, 0.05) is 11.8 Å². The van der Waals surface area contributed by atoms with Crippen LogP contribution in [-0.4, -0.2) is 29.7 Å². The van der Waals surface area contributed by atoms with Gasteiger partial charge in [-0.15, -0.1) is 0 Å². The summed E-state index contributed by atoms with van der Waals surface area (Å²) in [6.07, 6.45) is 2.53. The summed E-state index contributed by atoms with van der Waals surface area (Å²) < 4.78 is 34.9. The van der Waals surface area contributed by atoms with Crippen LogP contribution in [0.15, 0.2) is 66.0 Å². The van der Waals surface area contributed by atoms with Crippen LogP contribution in [0.4, 0.5) is 4.79 Å². The number of carbonyl (C=O) groups is 1. The van der Waals surface area contributed by atoms with Gasteiger partial charge < -0.3 is 9.47 Å². The fraction of sp³-hybridized carbons (Fsp3) is 0.238. The van der Waals surface area contributed by atoms with Crippen molar-refractivity contribution in [3.05, 3.63) is 66.6 Å². The van der Waals surface area contributed by atoms with Crippen molar-refractivity contribution in [2.75, 3.05) is 0 Å². The Kier molecular flexibility index (Phi) is 5.95. The lowest BCUT2D eigenvalue weighted by atomic mass is 10.1. The van der Waals surface area contributed by atoms with Crippen molar-refractivity contribution in [1.82, 2.24) is 9.55 Å². The van der Waals surface area contributed by atoms with Crippen LogP contribution < -0.4 is 9.88 Å². The van der Waals surface area contributed by atoms with E-state index in [-0.39, 0.29) is 11.5 Å². The van der Waals surface area contributed by atoms with E-state index in [9.17, 15) is 13.2 Å². The zero-order chi connectivity index (χ0) is 21.9. The number of sulfonamides is 1. The lowest BCUT2D eigenvalue weighted by Crippen LogP contribution is -2.26. The standard InChI is InChI=1S/C21H23N3O5S/c1-21(2,3)29-20(25)24-12-19(23-14-24)16-6-8-17(9-7-16)28-13-15-4-10-18(11-5-15)30(22,26)27/h4-12,14H,13H2,1-3H3,(H2,22,26,27). The molecule has 0 bridgehead atoms. The van der Waals surface area contributed by atoms with Gasteiger partial charge in [0.25, 0.3) is 0 Å². The van der Waals surface area contributed by atoms with Crippen LogP contribution in [0.3, 0.4) is 0 Å². The molecule has 158 valence electrons. The maximum Gasteiger partial charge on any atom is 0.419 e. The molecule has 3 rings (SSSR count). The van der Waals surface area contributed by atoms with Crippen LogP contribution in [0.1, 0.15) is 26.3 Å². The molecule has 0 unspecified atom stereocenters. The normalized spacial score (nSPS) is 11.9. The molecule has 0 saturated carbocycles. The Morgan fingerprint density at radius 2 is 1.70 bits per heavy atom. The van der Waals surface area contributed by atoms with Gasteiger partial charge in [-0.1, -0.05) is 12.1 Å². The van der Waals surface area contributed by atoms with E-state index in [0.717, 1.165) is 11.1 Å². The van der Waals surface area contributed by atoms with Gasteiger partial charge in [-0.2, -0.15) is 0 Å². The number of aromatic nitrogens is 2. The number of hydrogen-bond acceptors (Lipinski definition) is 6. The molecule has 1 heterocycles. The highest BCUT2D eigenvalue weighted by Gasteiger charge is 2.18. The van der Waals surface area contributed by atoms with Gasteiger partial charge in [0.15, 0.2) is 0 Å². The van der Waals surface area contributed by atoms with E-state index in [1.54, 1.807) is 51.2 Å². The molecular formula is C21H23N3O5S. The summed E-state index contributed by atoms with van der Waals surface area (Å²) in [5, 5.41) is 5.09. The first kappa shape index (κ1) is 21.5. The van der Waals surface area contributed by atoms with Crippen molar-refractivity contribution in [3.8, 4) is 17.0 Å². The lowest BCUT2D eigenvalue weighted by Gasteiger charge is -2.19. The van der Waals surface area contributed by atoms with E-state index in [1.807, 2.05) is 12.1 Å². The second-order valence-corrected chi connectivity index (χ2v) is 9.21. The summed E-state index contributed by atoms with van der Waals surface area (Å²) in [7, 11) is -3.71. The number of nitrogens with two attached hydrogens (primary N) is 1. The average molecular weight is 429 g/mol. The average Bonchev–Trinajstić information content (AvgIpc) is 3.15. The zero-order valence-corrected chi connectivity index (χ0v) is 17.7. The monoisotopic (exact) mass is 429 g/mol. The van der Waals surface area contributed by atoms with Crippen molar-refractivity contribution < 1.29 is 22.7 Å². The first-order chi connectivity index (χ1) is 14.0. The Morgan fingerprint density at radius 1 is 1.07 bits per heavy atom. The molecule has 30 heavy (non-hydrogen) atoms. The molecule has 3 aromatic rings. The number of primary sulfonamides is 1. The van der Waals surface area contributed by atoms with Crippen molar-refractivity contribution in [1.29, 1.82) is 0 Å². The van der Waals surface area contributed by atoms with Crippen LogP contribution in [0, 0.1) is 0 Å². The predicted octanol–water partition coefficient (Wildman–Crippen LogP) is 3.56. The number of ether oxygens (including phenoxy) is 2. The highest BCUT2D eigenvalue weighted by Crippen LogP contribution is 2.22. The quantitative estimate of drug-likeness (QED) is 0.663. The molecule has 0 saturated heterocycles. The Morgan fingerprint density at radius 3 is 2.27 bits per heavy atom. The Labute approximate surface area is 175 Å². The first-order valence-corrected chi connectivity index (χ1v) is 10.7. The summed E-state index contributed by atoms with van der Waals surface area (Å²) in [5.41, 5.74) is 1.68. The van der Waals surface area contributed by atoms with Gasteiger partial charge in [0.2, 0.25) is 10.0 Å². The van der Waals surface area contributed by atoms with Gasteiger partial charge in [-0.05, 0) is 62.7 Å². The fourth-order valence-corrected chi connectivity index (χ4v) is 3.07. The zero-order valence-electron chi connectivity index (χ0n) is 16.9. The van der Waals surface area contributed by atoms with Crippen LogP contribution >= 0.6 is 0 Å². The molecule has 0 radical (unpaired) electrons. The van der Waals surface area contributed by atoms with Gasteiger partial charge >= 0.3 is 6.09 Å². The largest absolute Gasteiger partial charge is 0.489 e. The van der Waals surface area contributed by atoms with Crippen LogP contribution in [0.5, 0.6) is 5.75 Å². The SMILES string of the molecule is CC(C)(C)OC(=O)n1cnc(-c2ccc(OCc3ccc(S(N)(=O)=O)cc3)cc2)c1. The van der Waals surface area contributed by atoms with Crippen molar-refractivity contribution >= 4 is 16.1 Å². The first-order valence-electron chi connectivity index (χ1n) is 9.14. The van der Waals surface area contributed by atoms with Gasteiger partial charge in [0.05, 0.1) is 10.6 Å². The molecule has 9 heteroatoms. The molecule has 0 aliphatic rings. The van der Waals surface area contributed by atoms with Crippen LogP contribution in [0.25, 0.3) is 11.3 Å². The molecule has 0 aliphatic carbocycles. The number of nitrogens with zero attached hydrogens (tertiary/aromatic N) is 2. The predicted molar refractivity (Wildman–Crippen MR) is 111 cm³/mol. The summed E-state index contributed by atoms with van der Waals surface area (Å²) in [5.74, 6) is 0.640. The number of imidazole rings is 1. The van der Waals surface area contributed by atoms with Crippen LogP contribution in [0.2, 0.25) is 0 Å². The minimum atomic E-state index is -3.71. The minimum absolute atomic E-state index is 0.0569. The van der Waals surface area contributed by atoms with E-state index in [1.165, 1.54) is 23.0 Å². The minimum Gasteiger partial charge on any atom is -0.489 e. The van der Waals surface area contributed by atoms with Crippen molar-refractivity contribution in [2.45, 2.75) is 37.9 Å². The maximum atomic E-state index is 12.1. The van der Waals surface area contributed by atoms with Crippen LogP contribution in [-0.2, 0) is 21.4 Å². The topological polar surface area (TPSA) is 114 Å². The Hall–Kier alpha value is -3.17. The molecule has 2 aromatic carbocycles. The molecule has 0 amide bonds. The molecule has 8 nitrogen and oxygen atoms in total. The molecule has 1 aromatic heterocycles. The molecule has 0 atom stereocenters. The lowest BCUT2D eigenvalue weighted by molar-refractivity contribution is 0.0536. The highest BCUT2D eigenvalue weighted by atomic mass is 32.2. The smallest absolute Gasteiger partial charge is 0.419 e. The number of benzene rings is 2. The van der Waals surface area contributed by atoms with Gasteiger partial charge in [-0.3, -0.25) is 0 Å². The van der Waals surface area contributed by atoms with E-state index in [4.69, 9.17) is 14.6 Å². The highest BCUT2D eigenvalue weighted by molar-refractivity contribution is 7.89. The maximum absolute atomic E-state index is 12.1. The number of hydrogen-bond donors (Lipinski definition) is 1. The third-order valence-electron chi connectivity index (χ3n) is 3.99. The summed E-state index contributed by atoms with van der Waals surface area (Å²) in [6.45, 7) is 5.68. The summed E-state index contributed by atoms with van der Waals surface area (Å²) >= 11 is 0. The summed E-state index contributed by atoms with van der Waals surface area (Å²) in [6, 6.07) is 13.4. The molecule has 2 N–H and O–H groups in total. The second-order valence-electron chi connectivity index (χ2n) is 7.65. The van der Waals surface area contributed by atoms with E-state index in [0.29, 0.717) is 11.4 Å². The number of rotatable bonds is 5. The third-order valence-corrected chi connectivity index (χ3v) is 4.92. The Balaban J connectivity index is 1.62. The molecule has 0 aliphatic heterocycles. The van der Waals surface area contributed by atoms with Gasteiger partial charge in [0.1, 0.15) is 24.3 Å². The fourth-order valence-electron chi connectivity index (χ4n) is 2.55. The van der Waals surface area contributed by atoms with E-state index >= 15 is 0 Å². The van der Waals surface area contributed by atoms with Crippen molar-refractivity contribution in [3.63, 3.8) is 0 Å². The van der Waals surface area contributed by atoms with E-state index < -0.39 is 21.7 Å². The van der Waals surface area contributed by atoms with Gasteiger partial charge in [-0.25, -0.2) is 27.9 Å². The Bertz CT molecular complexity index is 1130. The van der Waals surface area contributed by atoms with Crippen molar-refractivity contribution in [2.24, 2.45) is 5.14 Å². The second kappa shape index (κ2) is 8.29. The molecule has 0 fully saturated rings. The molecule has 0 spiro atoms. The number of carbonyl (C=O) groups excluding carboxylic acids is 1.